The number of carbonyl (C=O) groups is 2. The van der Waals surface area contributed by atoms with Crippen LogP contribution in [-0.2, 0) is 22.7 Å². The average Bonchev–Trinajstić information content (AvgIpc) is 2.72. The summed E-state index contributed by atoms with van der Waals surface area (Å²) in [6.45, 7) is 2.59. The molecule has 0 spiro atoms. The number of amides is 2. The molecule has 2 aromatic rings. The first-order valence-corrected chi connectivity index (χ1v) is 8.88. The second-order valence-electron chi connectivity index (χ2n) is 6.41. The van der Waals surface area contributed by atoms with Crippen molar-refractivity contribution in [2.75, 3.05) is 21.3 Å². The molecular weight excluding hydrogens is 356 g/mol. The number of allylic oxidation sites excluding steroid dienone is 1. The Hall–Kier alpha value is -3.28. The second-order valence-corrected chi connectivity index (χ2v) is 6.41. The highest BCUT2D eigenvalue weighted by atomic mass is 16.5. The maximum Gasteiger partial charge on any atom is 0.248 e. The van der Waals surface area contributed by atoms with E-state index in [0.717, 1.165) is 29.0 Å². The van der Waals surface area contributed by atoms with E-state index >= 15 is 0 Å². The number of likely N-dealkylation sites (N-methyl/N-ethyl adjacent to an activating group) is 1. The van der Waals surface area contributed by atoms with Crippen molar-refractivity contribution < 1.29 is 19.1 Å². The van der Waals surface area contributed by atoms with Gasteiger partial charge >= 0.3 is 0 Å². The van der Waals surface area contributed by atoms with Gasteiger partial charge in [-0.3, -0.25) is 9.59 Å². The highest BCUT2D eigenvalue weighted by Crippen LogP contribution is 2.15. The molecule has 0 saturated carbocycles. The van der Waals surface area contributed by atoms with Crippen LogP contribution in [0.15, 0.2) is 60.3 Å². The zero-order valence-corrected chi connectivity index (χ0v) is 16.7. The first-order valence-electron chi connectivity index (χ1n) is 8.88. The highest BCUT2D eigenvalue weighted by Gasteiger charge is 2.11. The van der Waals surface area contributed by atoms with E-state index in [4.69, 9.17) is 9.47 Å². The van der Waals surface area contributed by atoms with Gasteiger partial charge in [0.25, 0.3) is 0 Å². The largest absolute Gasteiger partial charge is 0.497 e. The fraction of sp³-hybridized carbons (Fsp3) is 0.273. The van der Waals surface area contributed by atoms with Crippen LogP contribution in [-0.4, -0.2) is 43.4 Å². The van der Waals surface area contributed by atoms with Gasteiger partial charge in [0, 0.05) is 25.4 Å². The first kappa shape index (κ1) is 21.0. The van der Waals surface area contributed by atoms with E-state index in [9.17, 15) is 9.59 Å². The predicted octanol–water partition coefficient (Wildman–Crippen LogP) is 3.22. The third kappa shape index (κ3) is 5.87. The Labute approximate surface area is 166 Å². The quantitative estimate of drug-likeness (QED) is 0.494. The molecule has 0 fully saturated rings. The third-order valence-electron chi connectivity index (χ3n) is 4.38. The Morgan fingerprint density at radius 1 is 0.893 bits per heavy atom. The van der Waals surface area contributed by atoms with E-state index in [1.165, 1.54) is 11.0 Å². The van der Waals surface area contributed by atoms with Crippen LogP contribution >= 0.6 is 0 Å². The van der Waals surface area contributed by atoms with E-state index in [1.807, 2.05) is 48.5 Å². The minimum absolute atomic E-state index is 0.171. The van der Waals surface area contributed by atoms with Gasteiger partial charge in [0.05, 0.1) is 20.8 Å². The SMILES string of the molecule is COc1ccc(CN(C)C(=O)/C=C(/C)N(C=O)Cc2ccc(OC)cc2)cc1. The maximum absolute atomic E-state index is 12.5. The standard InChI is InChI=1S/C22H26N2O4/c1-17(24(16-25)15-19-7-11-21(28-4)12-8-19)13-22(26)23(2)14-18-5-9-20(27-3)10-6-18/h5-13,16H,14-15H2,1-4H3/b17-13-. The van der Waals surface area contributed by atoms with Gasteiger partial charge in [0.2, 0.25) is 12.3 Å². The van der Waals surface area contributed by atoms with Crippen LogP contribution in [0.5, 0.6) is 11.5 Å². The van der Waals surface area contributed by atoms with E-state index in [0.29, 0.717) is 18.8 Å². The fourth-order valence-corrected chi connectivity index (χ4v) is 2.63. The summed E-state index contributed by atoms with van der Waals surface area (Å²) in [5.41, 5.74) is 2.52. The normalized spacial score (nSPS) is 10.9. The van der Waals surface area contributed by atoms with Crippen molar-refractivity contribution in [2.24, 2.45) is 0 Å². The summed E-state index contributed by atoms with van der Waals surface area (Å²) in [6.07, 6.45) is 2.20. The Kier molecular flexibility index (Phi) is 7.63. The average molecular weight is 382 g/mol. The first-order chi connectivity index (χ1) is 13.5. The summed E-state index contributed by atoms with van der Waals surface area (Å²) >= 11 is 0. The minimum atomic E-state index is -0.171. The Balaban J connectivity index is 2.00. The molecule has 0 bridgehead atoms. The van der Waals surface area contributed by atoms with Gasteiger partial charge in [-0.05, 0) is 42.3 Å². The zero-order valence-electron chi connectivity index (χ0n) is 16.7. The van der Waals surface area contributed by atoms with Crippen LogP contribution in [0.3, 0.4) is 0 Å². The molecule has 0 heterocycles. The molecule has 148 valence electrons. The number of carbonyl (C=O) groups excluding carboxylic acids is 2. The van der Waals surface area contributed by atoms with E-state index in [2.05, 4.69) is 0 Å². The van der Waals surface area contributed by atoms with Crippen LogP contribution in [0.25, 0.3) is 0 Å². The monoisotopic (exact) mass is 382 g/mol. The Bertz CT molecular complexity index is 813. The molecule has 0 atom stereocenters. The zero-order chi connectivity index (χ0) is 20.5. The van der Waals surface area contributed by atoms with Gasteiger partial charge in [-0.2, -0.15) is 0 Å². The van der Waals surface area contributed by atoms with Gasteiger partial charge in [-0.15, -0.1) is 0 Å². The van der Waals surface area contributed by atoms with E-state index in [1.54, 1.807) is 33.1 Å². The van der Waals surface area contributed by atoms with Crippen molar-refractivity contribution >= 4 is 12.3 Å². The van der Waals surface area contributed by atoms with Crippen LogP contribution in [0.2, 0.25) is 0 Å². The number of rotatable bonds is 9. The van der Waals surface area contributed by atoms with Crippen molar-refractivity contribution in [1.82, 2.24) is 9.80 Å². The summed E-state index contributed by atoms with van der Waals surface area (Å²) in [7, 11) is 4.95. The van der Waals surface area contributed by atoms with Crippen molar-refractivity contribution in [3.8, 4) is 11.5 Å². The lowest BCUT2D eigenvalue weighted by Gasteiger charge is -2.20. The molecule has 0 aromatic heterocycles. The van der Waals surface area contributed by atoms with Gasteiger partial charge in [-0.1, -0.05) is 24.3 Å². The summed E-state index contributed by atoms with van der Waals surface area (Å²) in [5, 5.41) is 0. The second kappa shape index (κ2) is 10.2. The number of benzene rings is 2. The van der Waals surface area contributed by atoms with Crippen LogP contribution in [0, 0.1) is 0 Å². The minimum Gasteiger partial charge on any atom is -0.497 e. The lowest BCUT2D eigenvalue weighted by atomic mass is 10.2. The lowest BCUT2D eigenvalue weighted by molar-refractivity contribution is -0.125. The number of methoxy groups -OCH3 is 2. The summed E-state index contributed by atoms with van der Waals surface area (Å²) in [6, 6.07) is 15.0. The van der Waals surface area contributed by atoms with Gasteiger partial charge in [0.1, 0.15) is 11.5 Å². The van der Waals surface area contributed by atoms with Gasteiger partial charge in [0.15, 0.2) is 0 Å². The van der Waals surface area contributed by atoms with Crippen molar-refractivity contribution in [3.05, 3.63) is 71.4 Å². The third-order valence-corrected chi connectivity index (χ3v) is 4.38. The molecule has 0 saturated heterocycles. The summed E-state index contributed by atoms with van der Waals surface area (Å²) in [4.78, 5) is 27.1. The number of nitrogens with zero attached hydrogens (tertiary/aromatic N) is 2. The maximum atomic E-state index is 12.5. The molecule has 0 aliphatic carbocycles. The van der Waals surface area contributed by atoms with Gasteiger partial charge < -0.3 is 19.3 Å². The Morgan fingerprint density at radius 2 is 1.36 bits per heavy atom. The molecule has 2 aromatic carbocycles. The lowest BCUT2D eigenvalue weighted by Crippen LogP contribution is -2.27. The van der Waals surface area contributed by atoms with Crippen molar-refractivity contribution in [2.45, 2.75) is 20.0 Å². The number of hydrogen-bond acceptors (Lipinski definition) is 4. The molecular formula is C22H26N2O4. The molecule has 0 aliphatic heterocycles. The summed E-state index contributed by atoms with van der Waals surface area (Å²) < 4.78 is 10.3. The molecule has 0 radical (unpaired) electrons. The topological polar surface area (TPSA) is 59.1 Å². The molecule has 0 aliphatic rings. The van der Waals surface area contributed by atoms with Crippen LogP contribution in [0.4, 0.5) is 0 Å². The molecule has 6 heteroatoms. The van der Waals surface area contributed by atoms with E-state index < -0.39 is 0 Å². The number of hydrogen-bond donors (Lipinski definition) is 0. The fourth-order valence-electron chi connectivity index (χ4n) is 2.63. The molecule has 0 N–H and O–H groups in total. The molecule has 2 rings (SSSR count). The Morgan fingerprint density at radius 3 is 1.79 bits per heavy atom. The summed E-state index contributed by atoms with van der Waals surface area (Å²) in [5.74, 6) is 1.35. The van der Waals surface area contributed by atoms with Crippen molar-refractivity contribution in [3.63, 3.8) is 0 Å². The molecule has 28 heavy (non-hydrogen) atoms. The van der Waals surface area contributed by atoms with Crippen LogP contribution < -0.4 is 9.47 Å². The highest BCUT2D eigenvalue weighted by molar-refractivity contribution is 5.88. The number of ether oxygens (including phenoxy) is 2. The smallest absolute Gasteiger partial charge is 0.248 e. The van der Waals surface area contributed by atoms with Crippen LogP contribution in [0.1, 0.15) is 18.1 Å². The molecule has 2 amide bonds. The van der Waals surface area contributed by atoms with Gasteiger partial charge in [-0.25, -0.2) is 0 Å². The van der Waals surface area contributed by atoms with Crippen molar-refractivity contribution in [1.29, 1.82) is 0 Å². The molecule has 6 nitrogen and oxygen atoms in total. The predicted molar refractivity (Wildman–Crippen MR) is 108 cm³/mol. The molecule has 0 unspecified atom stereocenters. The van der Waals surface area contributed by atoms with E-state index in [-0.39, 0.29) is 5.91 Å².